The first-order chi connectivity index (χ1) is 19.5. The van der Waals surface area contributed by atoms with Crippen LogP contribution in [0.5, 0.6) is 11.5 Å². The van der Waals surface area contributed by atoms with Crippen LogP contribution in [-0.2, 0) is 7.05 Å². The van der Waals surface area contributed by atoms with Crippen molar-refractivity contribution in [2.45, 2.75) is 38.3 Å². The molecule has 1 unspecified atom stereocenters. The van der Waals surface area contributed by atoms with Gasteiger partial charge in [0.25, 0.3) is 11.4 Å². The molecule has 1 saturated heterocycles. The fraction of sp³-hybridized carbons (Fsp3) is 0.300. The highest BCUT2D eigenvalue weighted by molar-refractivity contribution is 6.30. The van der Waals surface area contributed by atoms with Crippen molar-refractivity contribution in [2.24, 2.45) is 7.05 Å². The molecule has 0 N–H and O–H groups in total. The van der Waals surface area contributed by atoms with Crippen molar-refractivity contribution >= 4 is 34.1 Å². The largest absolute Gasteiger partial charge is 0.586 e. The van der Waals surface area contributed by atoms with E-state index >= 15 is 0 Å². The van der Waals surface area contributed by atoms with Crippen LogP contribution >= 0.6 is 11.6 Å². The molecule has 210 valence electrons. The summed E-state index contributed by atoms with van der Waals surface area (Å²) in [4.78, 5) is 25.4. The van der Waals surface area contributed by atoms with Crippen LogP contribution in [0.1, 0.15) is 31.0 Å². The van der Waals surface area contributed by atoms with E-state index in [2.05, 4.69) is 38.2 Å². The maximum Gasteiger partial charge on any atom is 0.586 e. The number of alkyl halides is 2. The van der Waals surface area contributed by atoms with Gasteiger partial charge in [-0.05, 0) is 61.4 Å². The summed E-state index contributed by atoms with van der Waals surface area (Å²) >= 11 is 6.20. The van der Waals surface area contributed by atoms with E-state index in [0.29, 0.717) is 34.8 Å². The van der Waals surface area contributed by atoms with Crippen LogP contribution in [0.25, 0.3) is 15.9 Å². The standard InChI is InChI=1S/C30H26ClF2N5O3/c1-17-16-38(18(2)15-37(17)23-14-27(39)36(4)22-10-12-26(34-3)35-28(22)23)29(19-5-8-21(31)9-6-19)20-7-11-24-25(13-20)41-30(32,33)40-24/h5-14,17-18,29H,15-16H2,1-2,4H3/t17-,18+,29?/m0/s1. The zero-order chi connectivity index (χ0) is 29.1. The van der Waals surface area contributed by atoms with Gasteiger partial charge in [0.1, 0.15) is 0 Å². The summed E-state index contributed by atoms with van der Waals surface area (Å²) in [6.07, 6.45) is -3.71. The molecule has 2 aliphatic heterocycles. The Morgan fingerprint density at radius 3 is 2.44 bits per heavy atom. The van der Waals surface area contributed by atoms with E-state index in [9.17, 15) is 13.6 Å². The van der Waals surface area contributed by atoms with Crippen LogP contribution in [0.3, 0.4) is 0 Å². The first-order valence-electron chi connectivity index (χ1n) is 13.1. The van der Waals surface area contributed by atoms with Crippen molar-refractivity contribution in [1.29, 1.82) is 0 Å². The lowest BCUT2D eigenvalue weighted by atomic mass is 9.93. The molecule has 2 aromatic heterocycles. The number of halogens is 3. The Labute approximate surface area is 240 Å². The first-order valence-corrected chi connectivity index (χ1v) is 13.5. The minimum atomic E-state index is -3.71. The molecular weight excluding hydrogens is 552 g/mol. The zero-order valence-electron chi connectivity index (χ0n) is 22.5. The summed E-state index contributed by atoms with van der Waals surface area (Å²) in [6, 6.07) is 16.9. The van der Waals surface area contributed by atoms with Gasteiger partial charge in [-0.2, -0.15) is 0 Å². The number of hydrogen-bond acceptors (Lipinski definition) is 6. The van der Waals surface area contributed by atoms with Gasteiger partial charge in [0.15, 0.2) is 11.5 Å². The monoisotopic (exact) mass is 577 g/mol. The predicted octanol–water partition coefficient (Wildman–Crippen LogP) is 6.15. The Bertz CT molecular complexity index is 1750. The lowest BCUT2D eigenvalue weighted by Crippen LogP contribution is -2.57. The summed E-state index contributed by atoms with van der Waals surface area (Å²) in [7, 11) is 1.69. The van der Waals surface area contributed by atoms with E-state index < -0.39 is 6.29 Å². The molecule has 4 aromatic rings. The molecule has 0 saturated carbocycles. The topological polar surface area (TPSA) is 64.2 Å². The second-order valence-corrected chi connectivity index (χ2v) is 10.9. The van der Waals surface area contributed by atoms with Crippen molar-refractivity contribution in [3.05, 3.63) is 98.6 Å². The average Bonchev–Trinajstić information content (AvgIpc) is 3.26. The summed E-state index contributed by atoms with van der Waals surface area (Å²) < 4.78 is 38.5. The van der Waals surface area contributed by atoms with Crippen molar-refractivity contribution in [2.75, 3.05) is 18.0 Å². The molecular formula is C30H26ClF2N5O3. The number of aryl methyl sites for hydroxylation is 1. The number of fused-ring (bicyclic) bond motifs is 2. The van der Waals surface area contributed by atoms with E-state index in [0.717, 1.165) is 11.1 Å². The quantitative estimate of drug-likeness (QED) is 0.271. The van der Waals surface area contributed by atoms with Gasteiger partial charge in [-0.15, -0.1) is 13.8 Å². The van der Waals surface area contributed by atoms with Gasteiger partial charge in [0, 0.05) is 43.3 Å². The fourth-order valence-electron chi connectivity index (χ4n) is 5.79. The number of pyridine rings is 2. The molecule has 3 atom stereocenters. The predicted molar refractivity (Wildman–Crippen MR) is 152 cm³/mol. The van der Waals surface area contributed by atoms with Crippen LogP contribution in [0.15, 0.2) is 65.5 Å². The number of nitrogens with zero attached hydrogens (tertiary/aromatic N) is 5. The van der Waals surface area contributed by atoms with Crippen molar-refractivity contribution in [1.82, 2.24) is 14.5 Å². The fourth-order valence-corrected chi connectivity index (χ4v) is 5.91. The molecule has 4 heterocycles. The third-order valence-electron chi connectivity index (χ3n) is 7.77. The summed E-state index contributed by atoms with van der Waals surface area (Å²) in [6.45, 7) is 12.7. The lowest BCUT2D eigenvalue weighted by molar-refractivity contribution is -0.286. The summed E-state index contributed by atoms with van der Waals surface area (Å²) in [5.41, 5.74) is 3.47. The van der Waals surface area contributed by atoms with Gasteiger partial charge in [0.2, 0.25) is 5.52 Å². The normalized spacial score (nSPS) is 20.7. The molecule has 41 heavy (non-hydrogen) atoms. The number of aromatic nitrogens is 2. The van der Waals surface area contributed by atoms with Gasteiger partial charge in [-0.1, -0.05) is 36.4 Å². The summed E-state index contributed by atoms with van der Waals surface area (Å²) in [5.74, 6) is 0.232. The molecule has 8 nitrogen and oxygen atoms in total. The molecule has 2 aromatic carbocycles. The van der Waals surface area contributed by atoms with E-state index in [4.69, 9.17) is 22.9 Å². The third-order valence-corrected chi connectivity index (χ3v) is 8.02. The summed E-state index contributed by atoms with van der Waals surface area (Å²) in [5, 5.41) is 0.591. The number of rotatable bonds is 4. The van der Waals surface area contributed by atoms with E-state index in [1.54, 1.807) is 37.4 Å². The Hall–Kier alpha value is -4.20. The van der Waals surface area contributed by atoms with E-state index in [1.165, 1.54) is 10.6 Å². The van der Waals surface area contributed by atoms with Crippen LogP contribution in [0.4, 0.5) is 20.3 Å². The number of piperazine rings is 1. The third kappa shape index (κ3) is 4.85. The van der Waals surface area contributed by atoms with Gasteiger partial charge in [-0.3, -0.25) is 9.69 Å². The highest BCUT2D eigenvalue weighted by Gasteiger charge is 2.44. The molecule has 0 radical (unpaired) electrons. The highest BCUT2D eigenvalue weighted by Crippen LogP contribution is 2.44. The molecule has 2 aliphatic rings. The van der Waals surface area contributed by atoms with Gasteiger partial charge < -0.3 is 23.8 Å². The highest BCUT2D eigenvalue weighted by atomic mass is 35.5. The van der Waals surface area contributed by atoms with Crippen LogP contribution in [0, 0.1) is 6.57 Å². The Balaban J connectivity index is 1.39. The number of anilines is 1. The van der Waals surface area contributed by atoms with E-state index in [1.807, 2.05) is 24.3 Å². The molecule has 0 bridgehead atoms. The second kappa shape index (κ2) is 10.0. The van der Waals surface area contributed by atoms with Crippen LogP contribution in [-0.4, -0.2) is 45.9 Å². The maximum atomic E-state index is 13.8. The molecule has 11 heteroatoms. The van der Waals surface area contributed by atoms with Crippen LogP contribution in [0.2, 0.25) is 5.02 Å². The SMILES string of the molecule is [C-]#[N+]c1ccc2c(n1)c(N1C[C@@H](C)N(C(c3ccc(Cl)cc3)c3ccc4c(c3)OC(F)(F)O4)C[C@@H]1C)cc(=O)n2C. The molecule has 0 aliphatic carbocycles. The van der Waals surface area contributed by atoms with Crippen LogP contribution < -0.4 is 19.9 Å². The zero-order valence-corrected chi connectivity index (χ0v) is 23.3. The van der Waals surface area contributed by atoms with Gasteiger partial charge >= 0.3 is 6.29 Å². The minimum Gasteiger partial charge on any atom is -0.395 e. The average molecular weight is 578 g/mol. The van der Waals surface area contributed by atoms with Gasteiger partial charge in [0.05, 0.1) is 17.2 Å². The minimum absolute atomic E-state index is 0.0105. The first kappa shape index (κ1) is 27.0. The van der Waals surface area contributed by atoms with Crippen molar-refractivity contribution in [3.63, 3.8) is 0 Å². The van der Waals surface area contributed by atoms with Crippen molar-refractivity contribution < 1.29 is 18.3 Å². The Morgan fingerprint density at radius 2 is 1.71 bits per heavy atom. The maximum absolute atomic E-state index is 13.8. The number of hydrogen-bond donors (Lipinski definition) is 0. The Morgan fingerprint density at radius 1 is 1.00 bits per heavy atom. The molecule has 0 spiro atoms. The number of benzene rings is 2. The molecule has 1 fully saturated rings. The smallest absolute Gasteiger partial charge is 0.395 e. The van der Waals surface area contributed by atoms with Crippen molar-refractivity contribution in [3.8, 4) is 11.5 Å². The Kier molecular flexibility index (Phi) is 6.59. The van der Waals surface area contributed by atoms with E-state index in [-0.39, 0.29) is 41.0 Å². The molecule has 6 rings (SSSR count). The van der Waals surface area contributed by atoms with Gasteiger partial charge in [-0.25, -0.2) is 0 Å². The second-order valence-electron chi connectivity index (χ2n) is 10.5. The molecule has 0 amide bonds. The number of ether oxygens (including phenoxy) is 2. The lowest BCUT2D eigenvalue weighted by Gasteiger charge is -2.48.